The van der Waals surface area contributed by atoms with Crippen molar-refractivity contribution in [2.75, 3.05) is 19.6 Å². The molecule has 0 amide bonds. The first-order valence-electron chi connectivity index (χ1n) is 6.65. The van der Waals surface area contributed by atoms with E-state index in [4.69, 9.17) is 5.73 Å². The molecule has 0 aromatic rings. The molecule has 0 bridgehead atoms. The summed E-state index contributed by atoms with van der Waals surface area (Å²) in [5, 5.41) is 3.64. The van der Waals surface area contributed by atoms with Gasteiger partial charge in [0.05, 0.1) is 0 Å². The number of hydrogen-bond acceptors (Lipinski definition) is 2. The third-order valence-corrected chi connectivity index (χ3v) is 4.40. The van der Waals surface area contributed by atoms with E-state index in [9.17, 15) is 0 Å². The van der Waals surface area contributed by atoms with Crippen molar-refractivity contribution in [3.8, 4) is 0 Å². The molecule has 2 nitrogen and oxygen atoms in total. The number of nitrogens with one attached hydrogen (secondary N) is 1. The molecular formula is C13H26N2. The molecule has 2 rings (SSSR count). The minimum absolute atomic E-state index is 0.432. The van der Waals surface area contributed by atoms with Gasteiger partial charge >= 0.3 is 0 Å². The summed E-state index contributed by atoms with van der Waals surface area (Å²) in [5.74, 6) is 1.91. The van der Waals surface area contributed by atoms with Crippen molar-refractivity contribution in [3.63, 3.8) is 0 Å². The van der Waals surface area contributed by atoms with Crippen molar-refractivity contribution < 1.29 is 0 Å². The van der Waals surface area contributed by atoms with Crippen LogP contribution in [-0.4, -0.2) is 19.6 Å². The molecule has 88 valence electrons. The lowest BCUT2D eigenvalue weighted by molar-refractivity contribution is 0.159. The van der Waals surface area contributed by atoms with Gasteiger partial charge < -0.3 is 11.1 Å². The highest BCUT2D eigenvalue weighted by Gasteiger charge is 2.33. The van der Waals surface area contributed by atoms with Gasteiger partial charge in [-0.25, -0.2) is 0 Å². The van der Waals surface area contributed by atoms with Crippen LogP contribution in [0.1, 0.15) is 45.4 Å². The van der Waals surface area contributed by atoms with Gasteiger partial charge in [-0.1, -0.05) is 19.8 Å². The molecule has 0 unspecified atom stereocenters. The summed E-state index contributed by atoms with van der Waals surface area (Å²) in [7, 11) is 0. The molecule has 3 N–H and O–H groups in total. The molecule has 2 fully saturated rings. The van der Waals surface area contributed by atoms with E-state index in [1.54, 1.807) is 0 Å². The first-order chi connectivity index (χ1) is 7.24. The second-order valence-electron chi connectivity index (χ2n) is 5.96. The van der Waals surface area contributed by atoms with E-state index in [0.717, 1.165) is 24.9 Å². The maximum atomic E-state index is 5.98. The van der Waals surface area contributed by atoms with Gasteiger partial charge in [-0.05, 0) is 56.0 Å². The summed E-state index contributed by atoms with van der Waals surface area (Å²) in [5.41, 5.74) is 6.41. The molecule has 0 radical (unpaired) electrons. The lowest BCUT2D eigenvalue weighted by Crippen LogP contribution is -2.43. The summed E-state index contributed by atoms with van der Waals surface area (Å²) >= 11 is 0. The summed E-state index contributed by atoms with van der Waals surface area (Å²) < 4.78 is 0. The SMILES string of the molecule is CC1CCC(CN)(CNCC2CC2)CC1. The van der Waals surface area contributed by atoms with E-state index >= 15 is 0 Å². The Labute approximate surface area is 94.0 Å². The first kappa shape index (κ1) is 11.4. The van der Waals surface area contributed by atoms with Crippen molar-refractivity contribution in [1.82, 2.24) is 5.32 Å². The van der Waals surface area contributed by atoms with E-state index in [1.807, 2.05) is 0 Å². The second kappa shape index (κ2) is 4.84. The van der Waals surface area contributed by atoms with E-state index in [2.05, 4.69) is 12.2 Å². The van der Waals surface area contributed by atoms with E-state index in [0.29, 0.717) is 5.41 Å². The number of hydrogen-bond donors (Lipinski definition) is 2. The molecule has 2 saturated carbocycles. The maximum Gasteiger partial charge on any atom is 0.00200 e. The molecule has 0 saturated heterocycles. The Hall–Kier alpha value is -0.0800. The summed E-state index contributed by atoms with van der Waals surface area (Å²) in [4.78, 5) is 0. The predicted molar refractivity (Wildman–Crippen MR) is 64.7 cm³/mol. The van der Waals surface area contributed by atoms with E-state index < -0.39 is 0 Å². The topological polar surface area (TPSA) is 38.0 Å². The Bertz CT molecular complexity index is 191. The zero-order valence-corrected chi connectivity index (χ0v) is 10.1. The van der Waals surface area contributed by atoms with Crippen LogP contribution in [0.2, 0.25) is 0 Å². The van der Waals surface area contributed by atoms with Crippen LogP contribution in [0, 0.1) is 17.3 Å². The zero-order chi connectivity index (χ0) is 10.7. The Morgan fingerprint density at radius 1 is 1.20 bits per heavy atom. The molecule has 0 aromatic carbocycles. The van der Waals surface area contributed by atoms with Gasteiger partial charge in [0.25, 0.3) is 0 Å². The van der Waals surface area contributed by atoms with Gasteiger partial charge in [0.1, 0.15) is 0 Å². The van der Waals surface area contributed by atoms with Crippen LogP contribution < -0.4 is 11.1 Å². The van der Waals surface area contributed by atoms with Gasteiger partial charge in [-0.2, -0.15) is 0 Å². The average Bonchev–Trinajstić information content (AvgIpc) is 3.06. The number of rotatable bonds is 5. The highest BCUT2D eigenvalue weighted by Crippen LogP contribution is 2.37. The average molecular weight is 210 g/mol. The highest BCUT2D eigenvalue weighted by molar-refractivity contribution is 4.88. The Balaban J connectivity index is 1.73. The van der Waals surface area contributed by atoms with Gasteiger partial charge in [0.15, 0.2) is 0 Å². The molecule has 15 heavy (non-hydrogen) atoms. The monoisotopic (exact) mass is 210 g/mol. The number of nitrogens with two attached hydrogens (primary N) is 1. The quantitative estimate of drug-likeness (QED) is 0.729. The van der Waals surface area contributed by atoms with Gasteiger partial charge in [0.2, 0.25) is 0 Å². The van der Waals surface area contributed by atoms with E-state index in [-0.39, 0.29) is 0 Å². The van der Waals surface area contributed by atoms with Crippen molar-refractivity contribution >= 4 is 0 Å². The van der Waals surface area contributed by atoms with Crippen LogP contribution in [0.15, 0.2) is 0 Å². The molecule has 0 heterocycles. The first-order valence-corrected chi connectivity index (χ1v) is 6.65. The van der Waals surface area contributed by atoms with Crippen molar-refractivity contribution in [1.29, 1.82) is 0 Å². The Morgan fingerprint density at radius 3 is 2.40 bits per heavy atom. The normalized spacial score (nSPS) is 36.8. The molecular weight excluding hydrogens is 184 g/mol. The molecule has 0 atom stereocenters. The van der Waals surface area contributed by atoms with Crippen LogP contribution in [0.25, 0.3) is 0 Å². The van der Waals surface area contributed by atoms with Crippen LogP contribution in [-0.2, 0) is 0 Å². The Morgan fingerprint density at radius 2 is 1.87 bits per heavy atom. The van der Waals surface area contributed by atoms with Crippen LogP contribution in [0.4, 0.5) is 0 Å². The minimum Gasteiger partial charge on any atom is -0.330 e. The second-order valence-corrected chi connectivity index (χ2v) is 5.96. The largest absolute Gasteiger partial charge is 0.330 e. The summed E-state index contributed by atoms with van der Waals surface area (Å²) in [6, 6.07) is 0. The zero-order valence-electron chi connectivity index (χ0n) is 10.1. The van der Waals surface area contributed by atoms with Gasteiger partial charge in [0, 0.05) is 6.54 Å². The molecule has 2 heteroatoms. The molecule has 0 aliphatic heterocycles. The third-order valence-electron chi connectivity index (χ3n) is 4.40. The standard InChI is InChI=1S/C13H26N2/c1-11-4-6-13(9-14,7-5-11)10-15-8-12-2-3-12/h11-12,15H,2-10,14H2,1H3. The molecule has 2 aliphatic rings. The fraction of sp³-hybridized carbons (Fsp3) is 1.00. The molecule has 2 aliphatic carbocycles. The van der Waals surface area contributed by atoms with Crippen LogP contribution in [0.5, 0.6) is 0 Å². The minimum atomic E-state index is 0.432. The third kappa shape index (κ3) is 3.18. The predicted octanol–water partition coefficient (Wildman–Crippen LogP) is 2.14. The lowest BCUT2D eigenvalue weighted by atomic mass is 9.71. The molecule has 0 aromatic heterocycles. The maximum absolute atomic E-state index is 5.98. The van der Waals surface area contributed by atoms with Gasteiger partial charge in [-0.3, -0.25) is 0 Å². The Kier molecular flexibility index (Phi) is 3.68. The van der Waals surface area contributed by atoms with Crippen molar-refractivity contribution in [3.05, 3.63) is 0 Å². The molecule has 0 spiro atoms. The smallest absolute Gasteiger partial charge is 0.00200 e. The van der Waals surface area contributed by atoms with Gasteiger partial charge in [-0.15, -0.1) is 0 Å². The summed E-state index contributed by atoms with van der Waals surface area (Å²) in [6.45, 7) is 5.64. The van der Waals surface area contributed by atoms with Crippen molar-refractivity contribution in [2.45, 2.75) is 45.4 Å². The fourth-order valence-corrected chi connectivity index (χ4v) is 2.69. The lowest BCUT2D eigenvalue weighted by Gasteiger charge is -2.38. The fourth-order valence-electron chi connectivity index (χ4n) is 2.69. The van der Waals surface area contributed by atoms with Crippen LogP contribution >= 0.6 is 0 Å². The highest BCUT2D eigenvalue weighted by atomic mass is 14.9. The van der Waals surface area contributed by atoms with Crippen LogP contribution in [0.3, 0.4) is 0 Å². The summed E-state index contributed by atoms with van der Waals surface area (Å²) in [6.07, 6.45) is 8.31. The van der Waals surface area contributed by atoms with Crippen molar-refractivity contribution in [2.24, 2.45) is 23.0 Å². The van der Waals surface area contributed by atoms with E-state index in [1.165, 1.54) is 45.1 Å².